The van der Waals surface area contributed by atoms with Crippen molar-refractivity contribution in [3.8, 4) is 0 Å². The number of carbonyl (C=O) groups is 2. The first-order valence-electron chi connectivity index (χ1n) is 11.2. The van der Waals surface area contributed by atoms with Crippen LogP contribution in [0.5, 0.6) is 0 Å². The number of ketones is 1. The summed E-state index contributed by atoms with van der Waals surface area (Å²) in [4.78, 5) is 24.7. The van der Waals surface area contributed by atoms with Crippen LogP contribution in [0.15, 0.2) is 24.3 Å². The van der Waals surface area contributed by atoms with Crippen LogP contribution in [0.4, 0.5) is 0 Å². The summed E-state index contributed by atoms with van der Waals surface area (Å²) in [6.07, 6.45) is 1.11. The first kappa shape index (κ1) is 25.6. The van der Waals surface area contributed by atoms with Gasteiger partial charge in [-0.1, -0.05) is 38.1 Å². The molecule has 1 aliphatic rings. The van der Waals surface area contributed by atoms with Crippen LogP contribution in [-0.2, 0) is 30.1 Å². The third-order valence-electron chi connectivity index (χ3n) is 6.12. The van der Waals surface area contributed by atoms with E-state index in [4.69, 9.17) is 14.0 Å². The van der Waals surface area contributed by atoms with Crippen LogP contribution >= 0.6 is 0 Å². The highest BCUT2D eigenvalue weighted by molar-refractivity contribution is 6.62. The average molecular weight is 431 g/mol. The van der Waals surface area contributed by atoms with Crippen molar-refractivity contribution in [2.45, 2.75) is 91.5 Å². The maximum Gasteiger partial charge on any atom is 0.494 e. The summed E-state index contributed by atoms with van der Waals surface area (Å²) >= 11 is 0. The molecule has 0 aliphatic carbocycles. The van der Waals surface area contributed by atoms with Gasteiger partial charge in [0.2, 0.25) is 0 Å². The van der Waals surface area contributed by atoms with Crippen molar-refractivity contribution in [3.63, 3.8) is 0 Å². The molecule has 0 unspecified atom stereocenters. The predicted molar refractivity (Wildman–Crippen MR) is 123 cm³/mol. The molecular formula is C24H38BNO5. The molecule has 6 nitrogen and oxygen atoms in total. The van der Waals surface area contributed by atoms with Crippen molar-refractivity contribution >= 4 is 24.3 Å². The van der Waals surface area contributed by atoms with Crippen molar-refractivity contribution in [2.75, 3.05) is 6.61 Å². The van der Waals surface area contributed by atoms with Gasteiger partial charge in [0.1, 0.15) is 11.8 Å². The highest BCUT2D eigenvalue weighted by Crippen LogP contribution is 2.36. The van der Waals surface area contributed by atoms with E-state index in [-0.39, 0.29) is 17.8 Å². The molecule has 1 saturated heterocycles. The minimum atomic E-state index is -0.588. The molecular weight excluding hydrogens is 393 g/mol. The molecule has 31 heavy (non-hydrogen) atoms. The average Bonchev–Trinajstić information content (AvgIpc) is 2.88. The fourth-order valence-corrected chi connectivity index (χ4v) is 3.54. The first-order chi connectivity index (χ1) is 14.4. The lowest BCUT2D eigenvalue weighted by Crippen LogP contribution is -2.48. The van der Waals surface area contributed by atoms with Crippen molar-refractivity contribution in [1.29, 1.82) is 0 Å². The Balaban J connectivity index is 2.14. The van der Waals surface area contributed by atoms with Crippen LogP contribution in [0.25, 0.3) is 0 Å². The summed E-state index contributed by atoms with van der Waals surface area (Å²) in [7, 11) is -0.425. The zero-order chi connectivity index (χ0) is 23.4. The lowest BCUT2D eigenvalue weighted by molar-refractivity contribution is -0.146. The van der Waals surface area contributed by atoms with E-state index in [0.717, 1.165) is 11.0 Å². The zero-order valence-corrected chi connectivity index (χ0v) is 20.3. The van der Waals surface area contributed by atoms with Crippen molar-refractivity contribution < 1.29 is 23.6 Å². The molecule has 0 saturated carbocycles. The molecule has 0 aromatic heterocycles. The minimum absolute atomic E-state index is 0.0270. The number of Topliss-reactive ketones (excluding diaryl/α,β-unsaturated/α-hetero) is 1. The van der Waals surface area contributed by atoms with Crippen molar-refractivity contribution in [2.24, 2.45) is 5.92 Å². The Hall–Kier alpha value is -1.70. The molecule has 1 aliphatic heterocycles. The van der Waals surface area contributed by atoms with Crippen molar-refractivity contribution in [3.05, 3.63) is 29.8 Å². The van der Waals surface area contributed by atoms with Crippen LogP contribution in [0.3, 0.4) is 0 Å². The topological polar surface area (TPSA) is 73.9 Å². The van der Waals surface area contributed by atoms with Crippen LogP contribution in [0.2, 0.25) is 0 Å². The van der Waals surface area contributed by atoms with Crippen LogP contribution in [0, 0.1) is 5.92 Å². The van der Waals surface area contributed by atoms with E-state index in [1.807, 2.05) is 52.0 Å². The molecule has 172 valence electrons. The molecule has 2 atom stereocenters. The monoisotopic (exact) mass is 431 g/mol. The summed E-state index contributed by atoms with van der Waals surface area (Å²) < 4.78 is 17.5. The van der Waals surface area contributed by atoms with Gasteiger partial charge in [-0.3, -0.25) is 14.9 Å². The molecule has 1 N–H and O–H groups in total. The number of hydrogen-bond donors (Lipinski definition) is 1. The third-order valence-corrected chi connectivity index (χ3v) is 6.12. The second-order valence-electron chi connectivity index (χ2n) is 9.80. The van der Waals surface area contributed by atoms with Gasteiger partial charge in [0.15, 0.2) is 0 Å². The zero-order valence-electron chi connectivity index (χ0n) is 20.3. The Labute approximate surface area is 187 Å². The van der Waals surface area contributed by atoms with E-state index in [0.29, 0.717) is 25.4 Å². The molecule has 1 aromatic rings. The predicted octanol–water partition coefficient (Wildman–Crippen LogP) is 3.05. The maximum atomic E-state index is 12.6. The van der Waals surface area contributed by atoms with E-state index in [9.17, 15) is 9.59 Å². The molecule has 0 amide bonds. The third kappa shape index (κ3) is 6.64. The molecule has 0 bridgehead atoms. The summed E-state index contributed by atoms with van der Waals surface area (Å²) in [5, 5.41) is 3.24. The largest absolute Gasteiger partial charge is 0.494 e. The Kier molecular flexibility index (Phi) is 8.48. The molecule has 1 fully saturated rings. The quantitative estimate of drug-likeness (QED) is 0.454. The maximum absolute atomic E-state index is 12.6. The summed E-state index contributed by atoms with van der Waals surface area (Å²) in [5.74, 6) is 0.0232. The van der Waals surface area contributed by atoms with Gasteiger partial charge in [-0.2, -0.15) is 0 Å². The summed E-state index contributed by atoms with van der Waals surface area (Å²) in [5.41, 5.74) is 1.11. The van der Waals surface area contributed by atoms with Crippen LogP contribution in [-0.4, -0.2) is 48.8 Å². The molecule has 0 spiro atoms. The second kappa shape index (κ2) is 10.3. The lowest BCUT2D eigenvalue weighted by atomic mass is 9.78. The highest BCUT2D eigenvalue weighted by Gasteiger charge is 2.51. The lowest BCUT2D eigenvalue weighted by Gasteiger charge is -2.32. The smallest absolute Gasteiger partial charge is 0.465 e. The SMILES string of the molecule is CCOC(=O)[C@H](Cc1ccc(B2OC(C)(C)C(C)(C)O2)cc1)N[C@@H](CC(C)C)C(C)=O. The Morgan fingerprint density at radius 2 is 1.58 bits per heavy atom. The fourth-order valence-electron chi connectivity index (χ4n) is 3.54. The van der Waals surface area contributed by atoms with Crippen LogP contribution in [0.1, 0.15) is 67.4 Å². The van der Waals surface area contributed by atoms with Gasteiger partial charge in [-0.15, -0.1) is 0 Å². The Morgan fingerprint density at radius 1 is 1.03 bits per heavy atom. The highest BCUT2D eigenvalue weighted by atomic mass is 16.7. The van der Waals surface area contributed by atoms with E-state index < -0.39 is 24.4 Å². The van der Waals surface area contributed by atoms with Gasteiger partial charge in [-0.25, -0.2) is 0 Å². The van der Waals surface area contributed by atoms with E-state index >= 15 is 0 Å². The number of rotatable bonds is 10. The molecule has 0 radical (unpaired) electrons. The van der Waals surface area contributed by atoms with E-state index in [1.165, 1.54) is 0 Å². The molecule has 7 heteroatoms. The van der Waals surface area contributed by atoms with Crippen LogP contribution < -0.4 is 10.8 Å². The molecule has 1 heterocycles. The van der Waals surface area contributed by atoms with Gasteiger partial charge in [0.05, 0.1) is 23.9 Å². The van der Waals surface area contributed by atoms with E-state index in [2.05, 4.69) is 19.2 Å². The summed E-state index contributed by atoms with van der Waals surface area (Å²) in [6.45, 7) is 15.9. The number of hydrogen-bond acceptors (Lipinski definition) is 6. The van der Waals surface area contributed by atoms with Gasteiger partial charge in [-0.05, 0) is 71.3 Å². The number of esters is 1. The number of benzene rings is 1. The minimum Gasteiger partial charge on any atom is -0.465 e. The Bertz CT molecular complexity index is 744. The summed E-state index contributed by atoms with van der Waals surface area (Å²) in [6, 6.07) is 6.92. The first-order valence-corrected chi connectivity index (χ1v) is 11.2. The van der Waals surface area contributed by atoms with Gasteiger partial charge in [0.25, 0.3) is 0 Å². The van der Waals surface area contributed by atoms with Gasteiger partial charge in [0, 0.05) is 0 Å². The van der Waals surface area contributed by atoms with Gasteiger partial charge < -0.3 is 14.0 Å². The second-order valence-corrected chi connectivity index (χ2v) is 9.80. The van der Waals surface area contributed by atoms with Gasteiger partial charge >= 0.3 is 13.1 Å². The number of nitrogens with one attached hydrogen (secondary N) is 1. The van der Waals surface area contributed by atoms with Crippen molar-refractivity contribution in [1.82, 2.24) is 5.32 Å². The molecule has 2 rings (SSSR count). The number of carbonyl (C=O) groups excluding carboxylic acids is 2. The standard InChI is InChI=1S/C24H38BNO5/c1-9-29-22(28)21(26-20(17(4)27)14-16(2)3)15-18-10-12-19(13-11-18)25-30-23(5,6)24(7,8)31-25/h10-13,16,20-21,26H,9,14-15H2,1-8H3/t20-,21-/m0/s1. The van der Waals surface area contributed by atoms with E-state index in [1.54, 1.807) is 13.8 Å². The normalized spacial score (nSPS) is 19.3. The Morgan fingerprint density at radius 3 is 2.03 bits per heavy atom. The number of ether oxygens (including phenoxy) is 1. The molecule has 1 aromatic carbocycles. The fraction of sp³-hybridized carbons (Fsp3) is 0.667.